The molecule has 5 nitrogen and oxygen atoms in total. The van der Waals surface area contributed by atoms with Crippen LogP contribution in [0.25, 0.3) is 10.8 Å². The smallest absolute Gasteiger partial charge is 0.252 e. The van der Waals surface area contributed by atoms with E-state index in [0.717, 1.165) is 22.0 Å². The maximum atomic E-state index is 13.3. The predicted molar refractivity (Wildman–Crippen MR) is 137 cm³/mol. The molecule has 2 heterocycles. The number of fused-ring (bicyclic) bond motifs is 2. The van der Waals surface area contributed by atoms with E-state index in [0.29, 0.717) is 12.2 Å². The van der Waals surface area contributed by atoms with Gasteiger partial charge in [0.1, 0.15) is 11.1 Å². The quantitative estimate of drug-likeness (QED) is 0.463. The summed E-state index contributed by atoms with van der Waals surface area (Å²) in [6, 6.07) is 25.1. The number of nitrogens with one attached hydrogen (secondary N) is 1. The Balaban J connectivity index is 1.54. The van der Waals surface area contributed by atoms with E-state index < -0.39 is 6.04 Å². The molecule has 1 atom stereocenters. The van der Waals surface area contributed by atoms with Gasteiger partial charge in [0.2, 0.25) is 5.91 Å². The van der Waals surface area contributed by atoms with Crippen molar-refractivity contribution in [1.82, 2.24) is 4.57 Å². The second kappa shape index (κ2) is 8.79. The van der Waals surface area contributed by atoms with Gasteiger partial charge in [0.05, 0.1) is 5.69 Å². The number of carbonyl (C=O) groups excluding carboxylic acids is 1. The zero-order valence-electron chi connectivity index (χ0n) is 18.6. The van der Waals surface area contributed by atoms with Crippen molar-refractivity contribution in [3.63, 3.8) is 0 Å². The van der Waals surface area contributed by atoms with E-state index >= 15 is 0 Å². The molecule has 0 bridgehead atoms. The lowest BCUT2D eigenvalue weighted by molar-refractivity contribution is -0.118. The fourth-order valence-electron chi connectivity index (χ4n) is 4.51. The Bertz CT molecular complexity index is 1390. The molecule has 0 aliphatic carbocycles. The molecule has 1 N–H and O–H groups in total. The number of thioether (sulfide) groups is 1. The minimum absolute atomic E-state index is 0.135. The Morgan fingerprint density at radius 2 is 1.73 bits per heavy atom. The summed E-state index contributed by atoms with van der Waals surface area (Å²) in [6.07, 6.45) is 0.652. The summed E-state index contributed by atoms with van der Waals surface area (Å²) in [7, 11) is 3.98. The minimum Gasteiger partial charge on any atom is -0.375 e. The van der Waals surface area contributed by atoms with Crippen LogP contribution >= 0.6 is 11.8 Å². The van der Waals surface area contributed by atoms with Crippen LogP contribution < -0.4 is 15.8 Å². The average molecular weight is 456 g/mol. The van der Waals surface area contributed by atoms with Crippen LogP contribution in [0, 0.1) is 0 Å². The Labute approximate surface area is 197 Å². The highest BCUT2D eigenvalue weighted by atomic mass is 32.2. The Morgan fingerprint density at radius 1 is 1.00 bits per heavy atom. The molecule has 33 heavy (non-hydrogen) atoms. The second-order valence-electron chi connectivity index (χ2n) is 8.42. The molecule has 0 spiro atoms. The number of anilines is 2. The number of hydrogen-bond acceptors (Lipinski definition) is 4. The molecule has 1 aliphatic rings. The number of hydrogen-bond donors (Lipinski definition) is 1. The van der Waals surface area contributed by atoms with Gasteiger partial charge < -0.3 is 10.2 Å². The molecule has 1 aromatic heterocycles. The number of amides is 1. The molecule has 3 aromatic carbocycles. The summed E-state index contributed by atoms with van der Waals surface area (Å²) in [6.45, 7) is 0. The summed E-state index contributed by atoms with van der Waals surface area (Å²) < 4.78 is 1.66. The molecule has 1 aliphatic heterocycles. The van der Waals surface area contributed by atoms with Crippen molar-refractivity contribution < 1.29 is 4.79 Å². The maximum Gasteiger partial charge on any atom is 0.252 e. The molecular weight excluding hydrogens is 430 g/mol. The van der Waals surface area contributed by atoms with Gasteiger partial charge in [0.25, 0.3) is 5.56 Å². The third-order valence-electron chi connectivity index (χ3n) is 6.00. The first-order chi connectivity index (χ1) is 16.0. The summed E-state index contributed by atoms with van der Waals surface area (Å²) >= 11 is 1.57. The van der Waals surface area contributed by atoms with Crippen molar-refractivity contribution in [3.8, 4) is 0 Å². The Kier molecular flexibility index (Phi) is 5.68. The van der Waals surface area contributed by atoms with Crippen LogP contribution in [0.3, 0.4) is 0 Å². The van der Waals surface area contributed by atoms with Gasteiger partial charge >= 0.3 is 0 Å². The molecule has 1 amide bonds. The third-order valence-corrected chi connectivity index (χ3v) is 7.15. The van der Waals surface area contributed by atoms with Gasteiger partial charge in [0, 0.05) is 38.0 Å². The van der Waals surface area contributed by atoms with Gasteiger partial charge in [0.15, 0.2) is 0 Å². The fourth-order valence-corrected chi connectivity index (χ4v) is 5.93. The summed E-state index contributed by atoms with van der Waals surface area (Å²) in [5, 5.41) is 6.19. The zero-order chi connectivity index (χ0) is 22.9. The van der Waals surface area contributed by atoms with Crippen LogP contribution in [-0.2, 0) is 11.2 Å². The van der Waals surface area contributed by atoms with Gasteiger partial charge in [-0.1, -0.05) is 60.7 Å². The summed E-state index contributed by atoms with van der Waals surface area (Å²) in [4.78, 5) is 28.4. The largest absolute Gasteiger partial charge is 0.375 e. The zero-order valence-corrected chi connectivity index (χ0v) is 19.4. The van der Waals surface area contributed by atoms with E-state index in [9.17, 15) is 9.59 Å². The number of pyridine rings is 1. The first kappa shape index (κ1) is 21.3. The Morgan fingerprint density at radius 3 is 2.52 bits per heavy atom. The molecule has 1 unspecified atom stereocenters. The maximum absolute atomic E-state index is 13.3. The lowest BCUT2D eigenvalue weighted by Crippen LogP contribution is -2.33. The van der Waals surface area contributed by atoms with Crippen LogP contribution in [-0.4, -0.2) is 30.3 Å². The minimum atomic E-state index is -0.539. The van der Waals surface area contributed by atoms with Crippen LogP contribution in [0.5, 0.6) is 0 Å². The molecule has 0 saturated carbocycles. The van der Waals surface area contributed by atoms with E-state index in [2.05, 4.69) is 40.5 Å². The van der Waals surface area contributed by atoms with Gasteiger partial charge in [-0.15, -0.1) is 11.8 Å². The van der Waals surface area contributed by atoms with Crippen molar-refractivity contribution in [1.29, 1.82) is 0 Å². The number of aromatic nitrogens is 1. The van der Waals surface area contributed by atoms with E-state index in [1.807, 2.05) is 56.6 Å². The van der Waals surface area contributed by atoms with Crippen LogP contribution in [0.2, 0.25) is 0 Å². The van der Waals surface area contributed by atoms with Crippen molar-refractivity contribution in [2.45, 2.75) is 17.5 Å². The monoisotopic (exact) mass is 455 g/mol. The SMILES string of the molecule is CN(C)c1c(Cc2cccc3ccccc23)cc(=O)n2c1SCC2C(=O)Nc1ccccc1. The third kappa shape index (κ3) is 4.02. The predicted octanol–water partition coefficient (Wildman–Crippen LogP) is 4.94. The summed E-state index contributed by atoms with van der Waals surface area (Å²) in [5.41, 5.74) is 3.76. The normalized spacial score (nSPS) is 14.8. The molecule has 166 valence electrons. The molecule has 4 aromatic rings. The molecular formula is C27H25N3O2S. The van der Waals surface area contributed by atoms with Crippen molar-refractivity contribution in [2.75, 3.05) is 30.1 Å². The van der Waals surface area contributed by atoms with Gasteiger partial charge in [-0.2, -0.15) is 0 Å². The average Bonchev–Trinajstić information content (AvgIpc) is 3.25. The van der Waals surface area contributed by atoms with Crippen molar-refractivity contribution in [3.05, 3.63) is 100 Å². The first-order valence-electron chi connectivity index (χ1n) is 10.9. The number of benzene rings is 3. The van der Waals surface area contributed by atoms with Gasteiger partial charge in [-0.05, 0) is 34.0 Å². The molecule has 6 heteroatoms. The fraction of sp³-hybridized carbons (Fsp3) is 0.185. The van der Waals surface area contributed by atoms with Crippen molar-refractivity contribution >= 4 is 39.8 Å². The van der Waals surface area contributed by atoms with E-state index in [-0.39, 0.29) is 11.5 Å². The Hall–Kier alpha value is -3.51. The number of nitrogens with zero attached hydrogens (tertiary/aromatic N) is 2. The topological polar surface area (TPSA) is 54.3 Å². The number of rotatable bonds is 5. The van der Waals surface area contributed by atoms with Crippen LogP contribution in [0.15, 0.2) is 88.7 Å². The molecule has 0 fully saturated rings. The summed E-state index contributed by atoms with van der Waals surface area (Å²) in [5.74, 6) is 0.369. The highest BCUT2D eigenvalue weighted by Gasteiger charge is 2.33. The molecule has 0 radical (unpaired) electrons. The first-order valence-corrected chi connectivity index (χ1v) is 11.9. The lowest BCUT2D eigenvalue weighted by atomic mass is 9.98. The van der Waals surface area contributed by atoms with E-state index in [1.54, 1.807) is 22.4 Å². The highest BCUT2D eigenvalue weighted by molar-refractivity contribution is 7.99. The van der Waals surface area contributed by atoms with Gasteiger partial charge in [-0.3, -0.25) is 14.2 Å². The highest BCUT2D eigenvalue weighted by Crippen LogP contribution is 2.41. The van der Waals surface area contributed by atoms with Crippen LogP contribution in [0.4, 0.5) is 11.4 Å². The molecule has 5 rings (SSSR count). The van der Waals surface area contributed by atoms with Crippen LogP contribution in [0.1, 0.15) is 17.2 Å². The molecule has 0 saturated heterocycles. The van der Waals surface area contributed by atoms with E-state index in [1.165, 1.54) is 16.3 Å². The van der Waals surface area contributed by atoms with Crippen molar-refractivity contribution in [2.24, 2.45) is 0 Å². The number of carbonyl (C=O) groups is 1. The standard InChI is InChI=1S/C27H25N3O2S/c1-29(2)25-20(15-19-11-8-10-18-9-6-7-14-22(18)19)16-24(31)30-23(17-33-27(25)30)26(32)28-21-12-4-3-5-13-21/h3-14,16,23H,15,17H2,1-2H3,(H,28,32). The number of para-hydroxylation sites is 1. The second-order valence-corrected chi connectivity index (χ2v) is 9.43. The van der Waals surface area contributed by atoms with E-state index in [4.69, 9.17) is 0 Å². The van der Waals surface area contributed by atoms with Gasteiger partial charge in [-0.25, -0.2) is 0 Å². The lowest BCUT2D eigenvalue weighted by Gasteiger charge is -2.23.